The van der Waals surface area contributed by atoms with E-state index in [-0.39, 0.29) is 66.6 Å². The Morgan fingerprint density at radius 2 is 1.84 bits per heavy atom. The SMILES string of the molecule is CCCNCC(=O)Nc1ccc2c(c1O)C(O)=C1C(=O)C3(O)C(=O)CC(O)CC3CC1C2C(N)=O.Cl.Cl. The van der Waals surface area contributed by atoms with Crippen LogP contribution in [0.25, 0.3) is 5.76 Å². The summed E-state index contributed by atoms with van der Waals surface area (Å²) in [6.45, 7) is 2.53. The highest BCUT2D eigenvalue weighted by molar-refractivity contribution is 6.22. The lowest BCUT2D eigenvalue weighted by atomic mass is 9.56. The van der Waals surface area contributed by atoms with Crippen LogP contribution in [-0.2, 0) is 19.2 Å². The normalized spacial score (nSPS) is 28.2. The molecule has 0 aliphatic heterocycles. The number of primary amides is 1. The molecule has 5 atom stereocenters. The third-order valence-corrected chi connectivity index (χ3v) is 7.23. The summed E-state index contributed by atoms with van der Waals surface area (Å²) in [6.07, 6.45) is -0.721. The number of carbonyl (C=O) groups is 4. The maximum Gasteiger partial charge on any atom is 0.238 e. The minimum atomic E-state index is -2.45. The lowest BCUT2D eigenvalue weighted by Gasteiger charge is -2.48. The predicted octanol–water partition coefficient (Wildman–Crippen LogP) is 0.686. The second kappa shape index (κ2) is 11.4. The molecule has 0 radical (unpaired) electrons. The first-order valence-electron chi connectivity index (χ1n) is 11.6. The molecule has 1 aromatic carbocycles. The number of hydrogen-bond acceptors (Lipinski definition) is 9. The summed E-state index contributed by atoms with van der Waals surface area (Å²) < 4.78 is 0. The molecule has 4 rings (SSSR count). The van der Waals surface area contributed by atoms with Crippen LogP contribution in [0.15, 0.2) is 17.7 Å². The number of aromatic hydroxyl groups is 1. The van der Waals surface area contributed by atoms with Gasteiger partial charge in [0.1, 0.15) is 11.5 Å². The molecule has 11 nitrogen and oxygen atoms in total. The number of Topliss-reactive ketones (excluding diaryl/α,β-unsaturated/α-hetero) is 2. The van der Waals surface area contributed by atoms with Gasteiger partial charge in [0.05, 0.1) is 29.8 Å². The van der Waals surface area contributed by atoms with E-state index in [4.69, 9.17) is 5.73 Å². The highest BCUT2D eigenvalue weighted by Crippen LogP contribution is 2.55. The van der Waals surface area contributed by atoms with Gasteiger partial charge in [-0.3, -0.25) is 19.2 Å². The Bertz CT molecular complexity index is 1160. The summed E-state index contributed by atoms with van der Waals surface area (Å²) in [7, 11) is 0. The molecule has 0 bridgehead atoms. The van der Waals surface area contributed by atoms with Crippen molar-refractivity contribution in [3.8, 4) is 5.75 Å². The predicted molar refractivity (Wildman–Crippen MR) is 138 cm³/mol. The van der Waals surface area contributed by atoms with E-state index < -0.39 is 70.8 Å². The zero-order valence-corrected chi connectivity index (χ0v) is 21.7. The number of rotatable bonds is 6. The quantitative estimate of drug-likeness (QED) is 0.149. The molecule has 2 fully saturated rings. The fraction of sp³-hybridized carbons (Fsp3) is 0.500. The minimum absolute atomic E-state index is 0. The molecule has 2 saturated carbocycles. The number of carbonyl (C=O) groups excluding carboxylic acids is 4. The molecule has 37 heavy (non-hydrogen) atoms. The van der Waals surface area contributed by atoms with Crippen LogP contribution in [0.2, 0.25) is 0 Å². The Labute approximate surface area is 225 Å². The van der Waals surface area contributed by atoms with Crippen molar-refractivity contribution in [2.24, 2.45) is 17.6 Å². The Kier molecular flexibility index (Phi) is 9.37. The number of fused-ring (bicyclic) bond motifs is 3. The van der Waals surface area contributed by atoms with Crippen LogP contribution < -0.4 is 16.4 Å². The van der Waals surface area contributed by atoms with Gasteiger partial charge in [-0.05, 0) is 37.4 Å². The van der Waals surface area contributed by atoms with Crippen molar-refractivity contribution < 1.29 is 39.6 Å². The van der Waals surface area contributed by atoms with Crippen LogP contribution in [0, 0.1) is 11.8 Å². The third kappa shape index (κ3) is 4.94. The minimum Gasteiger partial charge on any atom is -0.507 e. The number of aliphatic hydroxyl groups excluding tert-OH is 2. The van der Waals surface area contributed by atoms with E-state index in [1.165, 1.54) is 12.1 Å². The molecule has 204 valence electrons. The van der Waals surface area contributed by atoms with Gasteiger partial charge in [-0.15, -0.1) is 24.8 Å². The van der Waals surface area contributed by atoms with E-state index in [9.17, 15) is 39.6 Å². The van der Waals surface area contributed by atoms with Gasteiger partial charge >= 0.3 is 0 Å². The number of ketones is 2. The molecule has 5 unspecified atom stereocenters. The van der Waals surface area contributed by atoms with Gasteiger partial charge in [0, 0.05) is 23.8 Å². The van der Waals surface area contributed by atoms with E-state index in [1.807, 2.05) is 6.92 Å². The van der Waals surface area contributed by atoms with Crippen molar-refractivity contribution in [2.75, 3.05) is 18.4 Å². The molecule has 0 saturated heterocycles. The number of phenolic OH excluding ortho intramolecular Hbond substituents is 1. The van der Waals surface area contributed by atoms with Crippen LogP contribution in [0.1, 0.15) is 49.7 Å². The van der Waals surface area contributed by atoms with Crippen LogP contribution in [0.3, 0.4) is 0 Å². The first-order valence-corrected chi connectivity index (χ1v) is 11.6. The largest absolute Gasteiger partial charge is 0.507 e. The van der Waals surface area contributed by atoms with Gasteiger partial charge in [-0.25, -0.2) is 0 Å². The summed E-state index contributed by atoms with van der Waals surface area (Å²) >= 11 is 0. The van der Waals surface area contributed by atoms with E-state index in [0.717, 1.165) is 6.42 Å². The van der Waals surface area contributed by atoms with E-state index in [2.05, 4.69) is 10.6 Å². The summed E-state index contributed by atoms with van der Waals surface area (Å²) in [5.74, 6) is -7.56. The monoisotopic (exact) mass is 559 g/mol. The molecule has 0 spiro atoms. The average Bonchev–Trinajstić information content (AvgIpc) is 2.78. The Morgan fingerprint density at radius 3 is 2.46 bits per heavy atom. The number of phenols is 1. The lowest BCUT2D eigenvalue weighted by molar-refractivity contribution is -0.167. The number of amides is 2. The van der Waals surface area contributed by atoms with Crippen molar-refractivity contribution in [1.82, 2.24) is 5.32 Å². The highest BCUT2D eigenvalue weighted by Gasteiger charge is 2.62. The molecule has 0 aromatic heterocycles. The second-order valence-corrected chi connectivity index (χ2v) is 9.44. The molecule has 0 heterocycles. The van der Waals surface area contributed by atoms with Gasteiger partial charge in [0.2, 0.25) is 17.6 Å². The molecule has 3 aliphatic rings. The molecule has 1 aromatic rings. The number of hydrogen-bond donors (Lipinski definition) is 7. The molecule has 2 amide bonds. The van der Waals surface area contributed by atoms with Crippen LogP contribution in [0.5, 0.6) is 5.75 Å². The zero-order valence-electron chi connectivity index (χ0n) is 20.0. The first kappa shape index (κ1) is 30.5. The van der Waals surface area contributed by atoms with Crippen molar-refractivity contribution in [1.29, 1.82) is 0 Å². The van der Waals surface area contributed by atoms with E-state index in [0.29, 0.717) is 6.54 Å². The smallest absolute Gasteiger partial charge is 0.238 e. The number of aliphatic hydroxyl groups is 3. The molecular weight excluding hydrogens is 529 g/mol. The van der Waals surface area contributed by atoms with Gasteiger partial charge in [0.25, 0.3) is 0 Å². The fourth-order valence-electron chi connectivity index (χ4n) is 5.63. The van der Waals surface area contributed by atoms with Crippen molar-refractivity contribution in [3.05, 3.63) is 28.8 Å². The summed E-state index contributed by atoms with van der Waals surface area (Å²) in [5, 5.41) is 48.7. The molecule has 13 heteroatoms. The van der Waals surface area contributed by atoms with Gasteiger partial charge in [0.15, 0.2) is 11.4 Å². The van der Waals surface area contributed by atoms with Crippen LogP contribution in [-0.4, -0.2) is 68.6 Å². The summed E-state index contributed by atoms with van der Waals surface area (Å²) in [4.78, 5) is 50.9. The van der Waals surface area contributed by atoms with Crippen LogP contribution >= 0.6 is 24.8 Å². The number of halogens is 2. The molecule has 8 N–H and O–H groups in total. The van der Waals surface area contributed by atoms with E-state index >= 15 is 0 Å². The standard InChI is InChI=1S/C24H29N3O8.2ClH/c1-2-5-26-9-16(30)27-14-4-3-12-17(23(25)34)13-7-10-6-11(28)8-15(29)24(10,35)22(33)19(13)21(32)18(12)20(14)31;;/h3-4,10-11,13,17,26,28,31-32,35H,2,5-9H2,1H3,(H2,25,34)(H,27,30);2*1H. The topological polar surface area (TPSA) is 199 Å². The second-order valence-electron chi connectivity index (χ2n) is 9.44. The lowest BCUT2D eigenvalue weighted by Crippen LogP contribution is -2.62. The Hall–Kier alpha value is -2.70. The fourth-order valence-corrected chi connectivity index (χ4v) is 5.63. The number of nitrogens with one attached hydrogen (secondary N) is 2. The number of anilines is 1. The first-order chi connectivity index (χ1) is 16.5. The van der Waals surface area contributed by atoms with Gasteiger partial charge in [-0.1, -0.05) is 13.0 Å². The Balaban J connectivity index is 0.00000241. The average molecular weight is 560 g/mol. The molecular formula is C24H31Cl2N3O8. The van der Waals surface area contributed by atoms with Crippen LogP contribution in [0.4, 0.5) is 5.69 Å². The third-order valence-electron chi connectivity index (χ3n) is 7.23. The highest BCUT2D eigenvalue weighted by atomic mass is 35.5. The zero-order chi connectivity index (χ0) is 25.7. The molecule has 3 aliphatic carbocycles. The summed E-state index contributed by atoms with van der Waals surface area (Å²) in [6, 6.07) is 2.80. The summed E-state index contributed by atoms with van der Waals surface area (Å²) in [5.41, 5.74) is 2.69. The van der Waals surface area contributed by atoms with Crippen molar-refractivity contribution in [2.45, 2.75) is 50.2 Å². The Morgan fingerprint density at radius 1 is 1.16 bits per heavy atom. The number of benzene rings is 1. The van der Waals surface area contributed by atoms with Gasteiger partial charge in [-0.2, -0.15) is 0 Å². The van der Waals surface area contributed by atoms with E-state index in [1.54, 1.807) is 0 Å². The maximum atomic E-state index is 13.5. The number of nitrogens with two attached hydrogens (primary N) is 1. The van der Waals surface area contributed by atoms with Crippen molar-refractivity contribution in [3.63, 3.8) is 0 Å². The maximum absolute atomic E-state index is 13.5. The van der Waals surface area contributed by atoms with Crippen molar-refractivity contribution >= 4 is 59.6 Å². The van der Waals surface area contributed by atoms with Gasteiger partial charge < -0.3 is 36.8 Å².